The summed E-state index contributed by atoms with van der Waals surface area (Å²) in [5.74, 6) is -0.590. The van der Waals surface area contributed by atoms with Gasteiger partial charge in [-0.05, 0) is 31.5 Å². The van der Waals surface area contributed by atoms with Crippen LogP contribution in [0.5, 0.6) is 5.75 Å². The van der Waals surface area contributed by atoms with Gasteiger partial charge in [0.2, 0.25) is 0 Å². The van der Waals surface area contributed by atoms with Crippen molar-refractivity contribution < 1.29 is 36.2 Å². The molecule has 0 bridgehead atoms. The van der Waals surface area contributed by atoms with Crippen LogP contribution in [0, 0.1) is 0 Å². The van der Waals surface area contributed by atoms with Gasteiger partial charge < -0.3 is 15.2 Å². The molecule has 0 aromatic heterocycles. The molecule has 0 heterocycles. The third-order valence-corrected chi connectivity index (χ3v) is 2.65. The van der Waals surface area contributed by atoms with E-state index in [1.54, 1.807) is 13.8 Å². The maximum absolute atomic E-state index is 13.1. The standard InChI is InChI=1S/C14H17F6NO2/c1-12(2,22)8-21-7-9-3-5-10(6-4-9)23-14(19,20)11(15)13(16,17)18/h3-6,11,21-22H,7-8H2,1-2H3. The molecule has 1 atom stereocenters. The van der Waals surface area contributed by atoms with E-state index in [0.717, 1.165) is 12.1 Å². The molecular weight excluding hydrogens is 328 g/mol. The van der Waals surface area contributed by atoms with Crippen molar-refractivity contribution in [1.29, 1.82) is 0 Å². The second-order valence-corrected chi connectivity index (χ2v) is 5.63. The van der Waals surface area contributed by atoms with E-state index >= 15 is 0 Å². The first kappa shape index (κ1) is 19.6. The molecule has 0 fully saturated rings. The second kappa shape index (κ2) is 6.96. The zero-order valence-corrected chi connectivity index (χ0v) is 12.4. The van der Waals surface area contributed by atoms with Crippen LogP contribution in [-0.2, 0) is 6.54 Å². The Morgan fingerprint density at radius 2 is 1.61 bits per heavy atom. The average molecular weight is 345 g/mol. The van der Waals surface area contributed by atoms with Crippen LogP contribution in [0.2, 0.25) is 0 Å². The molecule has 2 N–H and O–H groups in total. The van der Waals surface area contributed by atoms with Crippen molar-refractivity contribution >= 4 is 0 Å². The first-order valence-electron chi connectivity index (χ1n) is 6.61. The molecule has 0 saturated heterocycles. The van der Waals surface area contributed by atoms with Gasteiger partial charge in [-0.3, -0.25) is 0 Å². The summed E-state index contributed by atoms with van der Waals surface area (Å²) in [5.41, 5.74) is -0.309. The summed E-state index contributed by atoms with van der Waals surface area (Å²) in [6, 6.07) is 4.70. The molecule has 0 aliphatic heterocycles. The van der Waals surface area contributed by atoms with Crippen LogP contribution in [0.15, 0.2) is 24.3 Å². The van der Waals surface area contributed by atoms with E-state index in [1.807, 2.05) is 0 Å². The molecule has 1 rings (SSSR count). The van der Waals surface area contributed by atoms with Gasteiger partial charge >= 0.3 is 12.3 Å². The number of halogens is 6. The highest BCUT2D eigenvalue weighted by atomic mass is 19.4. The summed E-state index contributed by atoms with van der Waals surface area (Å²) in [7, 11) is 0. The maximum Gasteiger partial charge on any atom is 0.439 e. The third kappa shape index (κ3) is 6.66. The van der Waals surface area contributed by atoms with Crippen LogP contribution in [-0.4, -0.2) is 35.7 Å². The van der Waals surface area contributed by atoms with Crippen LogP contribution >= 0.6 is 0 Å². The normalized spacial score (nSPS) is 14.7. The molecule has 9 heteroatoms. The van der Waals surface area contributed by atoms with Gasteiger partial charge in [0.05, 0.1) is 5.60 Å². The van der Waals surface area contributed by atoms with Crippen molar-refractivity contribution in [3.8, 4) is 5.75 Å². The number of alkyl halides is 6. The lowest BCUT2D eigenvalue weighted by molar-refractivity contribution is -0.304. The van der Waals surface area contributed by atoms with Crippen molar-refractivity contribution in [3.05, 3.63) is 29.8 Å². The summed E-state index contributed by atoms with van der Waals surface area (Å²) in [6.07, 6.45) is -15.1. The van der Waals surface area contributed by atoms with Crippen molar-refractivity contribution in [2.24, 2.45) is 0 Å². The van der Waals surface area contributed by atoms with E-state index < -0.39 is 29.8 Å². The summed E-state index contributed by atoms with van der Waals surface area (Å²) in [6.45, 7) is 3.76. The van der Waals surface area contributed by atoms with Crippen molar-refractivity contribution in [2.75, 3.05) is 6.54 Å². The predicted molar refractivity (Wildman–Crippen MR) is 71.0 cm³/mol. The molecular formula is C14H17F6NO2. The zero-order valence-electron chi connectivity index (χ0n) is 12.4. The van der Waals surface area contributed by atoms with Crippen LogP contribution in [0.25, 0.3) is 0 Å². The highest BCUT2D eigenvalue weighted by Gasteiger charge is 2.59. The Kier molecular flexibility index (Phi) is 5.92. The van der Waals surface area contributed by atoms with E-state index in [4.69, 9.17) is 0 Å². The summed E-state index contributed by atoms with van der Waals surface area (Å²) in [5, 5.41) is 12.4. The molecule has 0 aliphatic carbocycles. The van der Waals surface area contributed by atoms with Gasteiger partial charge in [0.25, 0.3) is 6.17 Å². The first-order valence-corrected chi connectivity index (χ1v) is 6.61. The Morgan fingerprint density at radius 1 is 1.09 bits per heavy atom. The highest BCUT2D eigenvalue weighted by molar-refractivity contribution is 5.27. The number of hydrogen-bond donors (Lipinski definition) is 2. The van der Waals surface area contributed by atoms with Crippen molar-refractivity contribution in [2.45, 2.75) is 44.4 Å². The van der Waals surface area contributed by atoms with Crippen molar-refractivity contribution in [3.63, 3.8) is 0 Å². The lowest BCUT2D eigenvalue weighted by Crippen LogP contribution is -2.45. The first-order chi connectivity index (χ1) is 10.3. The van der Waals surface area contributed by atoms with Crippen molar-refractivity contribution in [1.82, 2.24) is 5.32 Å². The van der Waals surface area contributed by atoms with Gasteiger partial charge in [-0.25, -0.2) is 4.39 Å². The SMILES string of the molecule is CC(C)(O)CNCc1ccc(OC(F)(F)C(F)C(F)(F)F)cc1. The molecule has 0 spiro atoms. The van der Waals surface area contributed by atoms with E-state index in [-0.39, 0.29) is 6.54 Å². The quantitative estimate of drug-likeness (QED) is 0.744. The predicted octanol–water partition coefficient (Wildman–Crippen LogP) is 3.42. The molecule has 1 unspecified atom stereocenters. The van der Waals surface area contributed by atoms with E-state index in [9.17, 15) is 31.4 Å². The fourth-order valence-corrected chi connectivity index (χ4v) is 1.59. The number of rotatable bonds is 7. The summed E-state index contributed by atoms with van der Waals surface area (Å²) >= 11 is 0. The average Bonchev–Trinajstić information content (AvgIpc) is 2.37. The molecule has 0 aliphatic rings. The Labute approximate surface area is 129 Å². The second-order valence-electron chi connectivity index (χ2n) is 5.63. The van der Waals surface area contributed by atoms with Gasteiger partial charge in [-0.15, -0.1) is 0 Å². The monoisotopic (exact) mass is 345 g/mol. The maximum atomic E-state index is 13.1. The molecule has 1 aromatic rings. The smallest absolute Gasteiger partial charge is 0.430 e. The van der Waals surface area contributed by atoms with Crippen LogP contribution in [0.1, 0.15) is 19.4 Å². The molecule has 23 heavy (non-hydrogen) atoms. The minimum Gasteiger partial charge on any atom is -0.430 e. The van der Waals surface area contributed by atoms with Crippen LogP contribution in [0.3, 0.4) is 0 Å². The number of benzene rings is 1. The zero-order chi connectivity index (χ0) is 17.9. The molecule has 0 saturated carbocycles. The third-order valence-electron chi connectivity index (χ3n) is 2.65. The summed E-state index contributed by atoms with van der Waals surface area (Å²) in [4.78, 5) is 0. The van der Waals surface area contributed by atoms with E-state index in [0.29, 0.717) is 12.1 Å². The Morgan fingerprint density at radius 3 is 2.04 bits per heavy atom. The molecule has 0 radical (unpaired) electrons. The minimum absolute atomic E-state index is 0.276. The largest absolute Gasteiger partial charge is 0.439 e. The van der Waals surface area contributed by atoms with Gasteiger partial charge in [0.15, 0.2) is 0 Å². The van der Waals surface area contributed by atoms with Gasteiger partial charge in [-0.2, -0.15) is 22.0 Å². The van der Waals surface area contributed by atoms with Gasteiger partial charge in [0.1, 0.15) is 5.75 Å². The van der Waals surface area contributed by atoms with E-state index in [1.165, 1.54) is 12.1 Å². The number of aliphatic hydroxyl groups is 1. The lowest BCUT2D eigenvalue weighted by atomic mass is 10.1. The lowest BCUT2D eigenvalue weighted by Gasteiger charge is -2.23. The topological polar surface area (TPSA) is 41.5 Å². The Bertz CT molecular complexity index is 495. The molecule has 1 aromatic carbocycles. The molecule has 3 nitrogen and oxygen atoms in total. The Balaban J connectivity index is 2.63. The fraction of sp³-hybridized carbons (Fsp3) is 0.571. The number of ether oxygens (including phenoxy) is 1. The van der Waals surface area contributed by atoms with Crippen LogP contribution in [0.4, 0.5) is 26.3 Å². The molecule has 132 valence electrons. The highest BCUT2D eigenvalue weighted by Crippen LogP contribution is 2.36. The van der Waals surface area contributed by atoms with E-state index in [2.05, 4.69) is 10.1 Å². The van der Waals surface area contributed by atoms with Crippen LogP contribution < -0.4 is 10.1 Å². The number of nitrogens with one attached hydrogen (secondary N) is 1. The van der Waals surface area contributed by atoms with Gasteiger partial charge in [-0.1, -0.05) is 12.1 Å². The number of hydrogen-bond acceptors (Lipinski definition) is 3. The fourth-order valence-electron chi connectivity index (χ4n) is 1.59. The molecule has 0 amide bonds. The minimum atomic E-state index is -5.72. The van der Waals surface area contributed by atoms with Gasteiger partial charge in [0, 0.05) is 13.1 Å². The Hall–Kier alpha value is -1.48. The summed E-state index contributed by atoms with van der Waals surface area (Å²) < 4.78 is 78.6.